The summed E-state index contributed by atoms with van der Waals surface area (Å²) in [5.41, 5.74) is 12.4. The molecule has 2 heterocycles. The Bertz CT molecular complexity index is 1390. The van der Waals surface area contributed by atoms with Crippen LogP contribution in [-0.2, 0) is 13.0 Å². The lowest BCUT2D eigenvalue weighted by Gasteiger charge is -2.20. The number of aromatic nitrogens is 2. The molecule has 8 nitrogen and oxygen atoms in total. The Morgan fingerprint density at radius 2 is 1.60 bits per heavy atom. The highest BCUT2D eigenvalue weighted by atomic mass is 16.1. The topological polar surface area (TPSA) is 140 Å². The van der Waals surface area contributed by atoms with Crippen molar-refractivity contribution in [3.8, 4) is 22.3 Å². The number of nitrogens with one attached hydrogen (secondary N) is 1. The molecule has 0 atom stereocenters. The van der Waals surface area contributed by atoms with Crippen LogP contribution in [0.4, 0.5) is 0 Å². The van der Waals surface area contributed by atoms with Gasteiger partial charge in [0.15, 0.2) is 6.29 Å². The van der Waals surface area contributed by atoms with E-state index in [-0.39, 0.29) is 5.84 Å². The van der Waals surface area contributed by atoms with Crippen molar-refractivity contribution in [3.63, 3.8) is 0 Å². The summed E-state index contributed by atoms with van der Waals surface area (Å²) in [6, 6.07) is 24.4. The van der Waals surface area contributed by atoms with Crippen LogP contribution in [0, 0.1) is 5.41 Å². The van der Waals surface area contributed by atoms with E-state index in [9.17, 15) is 4.79 Å². The number of nitrogens with two attached hydrogens (primary N) is 3. The van der Waals surface area contributed by atoms with Crippen molar-refractivity contribution < 1.29 is 4.79 Å². The molecule has 1 aliphatic rings. The number of imidazole rings is 1. The molecule has 8 heteroatoms. The molecule has 0 amide bonds. The number of carbonyl (C=O) groups excluding carboxylic acids is 1. The average molecular weight is 568 g/mol. The Morgan fingerprint density at radius 1 is 0.929 bits per heavy atom. The number of hydrazine groups is 1. The molecule has 0 saturated carbocycles. The first-order valence-corrected chi connectivity index (χ1v) is 14.6. The number of likely N-dealkylation sites (tertiary alicyclic amines) is 1. The number of rotatable bonds is 9. The number of unbranched alkanes of at least 4 members (excludes halogenated alkanes) is 1. The lowest BCUT2D eigenvalue weighted by molar-refractivity contribution is 0.111. The molecule has 42 heavy (non-hydrogen) atoms. The molecule has 7 N–H and O–H groups in total. The third-order valence-corrected chi connectivity index (χ3v) is 7.45. The number of nitrogens with zero attached hydrogens (tertiary/aromatic N) is 3. The number of hydrogen-bond donors (Lipinski definition) is 4. The first-order valence-electron chi connectivity index (χ1n) is 14.6. The van der Waals surface area contributed by atoms with E-state index in [2.05, 4.69) is 78.0 Å². The molecule has 0 radical (unpaired) electrons. The van der Waals surface area contributed by atoms with Gasteiger partial charge in [0.25, 0.3) is 0 Å². The highest BCUT2D eigenvalue weighted by Gasteiger charge is 2.12. The van der Waals surface area contributed by atoms with Crippen LogP contribution in [-0.4, -0.2) is 46.7 Å². The van der Waals surface area contributed by atoms with Gasteiger partial charge in [0.2, 0.25) is 0 Å². The van der Waals surface area contributed by atoms with Crippen molar-refractivity contribution in [2.45, 2.75) is 52.0 Å². The number of aryl methyl sites for hydroxylation is 1. The van der Waals surface area contributed by atoms with Gasteiger partial charge >= 0.3 is 0 Å². The predicted molar refractivity (Wildman–Crippen MR) is 173 cm³/mol. The fourth-order valence-corrected chi connectivity index (χ4v) is 5.09. The van der Waals surface area contributed by atoms with Gasteiger partial charge in [-0.05, 0) is 73.3 Å². The normalized spacial score (nSPS) is 12.9. The number of amidine groups is 1. The second-order valence-corrected chi connectivity index (χ2v) is 10.5. The Balaban J connectivity index is 0.000000465. The summed E-state index contributed by atoms with van der Waals surface area (Å²) < 4.78 is 1.99. The summed E-state index contributed by atoms with van der Waals surface area (Å²) in [6.45, 7) is 5.38. The van der Waals surface area contributed by atoms with Crippen molar-refractivity contribution in [2.75, 3.05) is 20.1 Å². The van der Waals surface area contributed by atoms with E-state index in [1.54, 1.807) is 6.20 Å². The van der Waals surface area contributed by atoms with E-state index in [1.807, 2.05) is 34.9 Å². The monoisotopic (exact) mass is 567 g/mol. The molecule has 1 aromatic heterocycles. The summed E-state index contributed by atoms with van der Waals surface area (Å²) in [4.78, 5) is 18.3. The van der Waals surface area contributed by atoms with E-state index in [0.717, 1.165) is 59.2 Å². The molecular formula is C34H45N7O. The SMILES string of the molecule is CCCCc1ncc(C=O)n1Cc1ccc(-c2cc(-c3ccccc3)ccc2C(=N)N)cc1.CN1CCCCC1.NN. The third-order valence-electron chi connectivity index (χ3n) is 7.45. The van der Waals surface area contributed by atoms with Gasteiger partial charge in [0.05, 0.1) is 6.20 Å². The molecule has 4 aromatic rings. The molecule has 0 bridgehead atoms. The van der Waals surface area contributed by atoms with Crippen molar-refractivity contribution >= 4 is 12.1 Å². The second kappa shape index (κ2) is 17.0. The van der Waals surface area contributed by atoms with E-state index >= 15 is 0 Å². The number of hydrogen-bond acceptors (Lipinski definition) is 6. The molecule has 0 aliphatic carbocycles. The fourth-order valence-electron chi connectivity index (χ4n) is 5.09. The summed E-state index contributed by atoms with van der Waals surface area (Å²) in [5.74, 6) is 8.99. The zero-order chi connectivity index (χ0) is 30.3. The van der Waals surface area contributed by atoms with Crippen LogP contribution >= 0.6 is 0 Å². The minimum Gasteiger partial charge on any atom is -0.384 e. The Kier molecular flexibility index (Phi) is 13.1. The largest absolute Gasteiger partial charge is 0.384 e. The summed E-state index contributed by atoms with van der Waals surface area (Å²) in [7, 11) is 2.19. The maximum Gasteiger partial charge on any atom is 0.168 e. The molecule has 1 saturated heterocycles. The van der Waals surface area contributed by atoms with Gasteiger partial charge in [-0.25, -0.2) is 4.98 Å². The molecule has 0 unspecified atom stereocenters. The minimum absolute atomic E-state index is 0.0447. The molecular weight excluding hydrogens is 522 g/mol. The smallest absolute Gasteiger partial charge is 0.168 e. The van der Waals surface area contributed by atoms with Crippen LogP contribution in [0.5, 0.6) is 0 Å². The predicted octanol–water partition coefficient (Wildman–Crippen LogP) is 5.63. The lowest BCUT2D eigenvalue weighted by Crippen LogP contribution is -2.24. The molecule has 1 aliphatic heterocycles. The van der Waals surface area contributed by atoms with E-state index in [1.165, 1.54) is 32.4 Å². The van der Waals surface area contributed by atoms with E-state index < -0.39 is 0 Å². The fraction of sp³-hybridized carbons (Fsp3) is 0.324. The van der Waals surface area contributed by atoms with Gasteiger partial charge in [-0.15, -0.1) is 0 Å². The van der Waals surface area contributed by atoms with Crippen molar-refractivity contribution in [1.29, 1.82) is 5.41 Å². The summed E-state index contributed by atoms with van der Waals surface area (Å²) >= 11 is 0. The lowest BCUT2D eigenvalue weighted by atomic mass is 9.93. The zero-order valence-electron chi connectivity index (χ0n) is 24.9. The Labute approximate surface area is 250 Å². The van der Waals surface area contributed by atoms with Gasteiger partial charge in [-0.3, -0.25) is 21.9 Å². The first-order chi connectivity index (χ1) is 20.5. The van der Waals surface area contributed by atoms with Gasteiger partial charge in [0.1, 0.15) is 17.4 Å². The first kappa shape index (κ1) is 32.4. The average Bonchev–Trinajstić information content (AvgIpc) is 3.43. The van der Waals surface area contributed by atoms with E-state index in [0.29, 0.717) is 17.8 Å². The Morgan fingerprint density at radius 3 is 2.17 bits per heavy atom. The van der Waals surface area contributed by atoms with Gasteiger partial charge in [-0.1, -0.05) is 86.5 Å². The maximum absolute atomic E-state index is 11.5. The minimum atomic E-state index is 0.0447. The maximum atomic E-state index is 11.5. The number of nitrogen functional groups attached to an aromatic ring is 1. The molecule has 222 valence electrons. The molecule has 3 aromatic carbocycles. The molecule has 1 fully saturated rings. The second-order valence-electron chi connectivity index (χ2n) is 10.5. The van der Waals surface area contributed by atoms with Crippen molar-refractivity contribution in [2.24, 2.45) is 17.4 Å². The van der Waals surface area contributed by atoms with Gasteiger partial charge in [0, 0.05) is 18.5 Å². The van der Waals surface area contributed by atoms with Crippen LogP contribution in [0.15, 0.2) is 79.0 Å². The van der Waals surface area contributed by atoms with Crippen LogP contribution < -0.4 is 17.4 Å². The highest BCUT2D eigenvalue weighted by molar-refractivity contribution is 6.02. The van der Waals surface area contributed by atoms with Crippen LogP contribution in [0.3, 0.4) is 0 Å². The molecule has 5 rings (SSSR count). The van der Waals surface area contributed by atoms with Gasteiger partial charge < -0.3 is 15.2 Å². The quantitative estimate of drug-likeness (QED) is 0.0680. The zero-order valence-corrected chi connectivity index (χ0v) is 24.9. The van der Waals surface area contributed by atoms with E-state index in [4.69, 9.17) is 11.1 Å². The van der Waals surface area contributed by atoms with Crippen LogP contribution in [0.2, 0.25) is 0 Å². The van der Waals surface area contributed by atoms with Crippen LogP contribution in [0.1, 0.15) is 66.5 Å². The highest BCUT2D eigenvalue weighted by Crippen LogP contribution is 2.30. The number of aldehydes is 1. The van der Waals surface area contributed by atoms with Crippen molar-refractivity contribution in [1.82, 2.24) is 14.5 Å². The molecule has 0 spiro atoms. The van der Waals surface area contributed by atoms with Crippen molar-refractivity contribution in [3.05, 3.63) is 102 Å². The Hall–Kier alpha value is -4.11. The number of piperidine rings is 1. The number of carbonyl (C=O) groups is 1. The van der Waals surface area contributed by atoms with Crippen LogP contribution in [0.25, 0.3) is 22.3 Å². The summed E-state index contributed by atoms with van der Waals surface area (Å²) in [6.07, 6.45) is 9.78. The number of benzene rings is 3. The van der Waals surface area contributed by atoms with Gasteiger partial charge in [-0.2, -0.15) is 0 Å². The standard InChI is InChI=1S/C28H28N4O.C6H13N.H4N2/c1-2-3-9-27-31-17-24(19-33)32(27)18-20-10-12-22(13-11-20)26-16-23(14-15-25(26)28(29)30)21-7-5-4-6-8-21;1-7-5-3-2-4-6-7;1-2/h4-8,10-17,19H,2-3,9,18H2,1H3,(H3,29,30);2-6H2,1H3;1-2H2. The third kappa shape index (κ3) is 8.94. The summed E-state index contributed by atoms with van der Waals surface area (Å²) in [5, 5.41) is 8.03.